The SMILES string of the molecule is CC[C@@H](C)Oc1cccc(C(=O)NC(=S)Nc2ccc(I)cc2C(=O)O)c1. The summed E-state index contributed by atoms with van der Waals surface area (Å²) in [5.41, 5.74) is 0.769. The molecule has 0 aromatic heterocycles. The number of nitrogens with one attached hydrogen (secondary N) is 2. The fraction of sp³-hybridized carbons (Fsp3) is 0.211. The molecule has 0 aliphatic rings. The number of amides is 1. The minimum Gasteiger partial charge on any atom is -0.491 e. The normalized spacial score (nSPS) is 11.4. The number of carbonyl (C=O) groups excluding carboxylic acids is 1. The lowest BCUT2D eigenvalue weighted by atomic mass is 10.2. The molecule has 0 spiro atoms. The molecular formula is C19H19IN2O4S. The fourth-order valence-corrected chi connectivity index (χ4v) is 2.85. The highest BCUT2D eigenvalue weighted by atomic mass is 127. The van der Waals surface area contributed by atoms with Crippen molar-refractivity contribution in [3.63, 3.8) is 0 Å². The molecule has 0 saturated carbocycles. The van der Waals surface area contributed by atoms with Gasteiger partial charge in [-0.1, -0.05) is 13.0 Å². The van der Waals surface area contributed by atoms with Gasteiger partial charge in [-0.25, -0.2) is 4.79 Å². The van der Waals surface area contributed by atoms with Crippen LogP contribution in [0.1, 0.15) is 41.0 Å². The van der Waals surface area contributed by atoms with Crippen LogP contribution in [0.3, 0.4) is 0 Å². The van der Waals surface area contributed by atoms with Crippen LogP contribution in [0.2, 0.25) is 0 Å². The molecule has 3 N–H and O–H groups in total. The van der Waals surface area contributed by atoms with Gasteiger partial charge in [0.1, 0.15) is 5.75 Å². The van der Waals surface area contributed by atoms with Crippen LogP contribution in [0.5, 0.6) is 5.75 Å². The van der Waals surface area contributed by atoms with Gasteiger partial charge >= 0.3 is 5.97 Å². The van der Waals surface area contributed by atoms with E-state index in [1.807, 2.05) is 36.4 Å². The number of benzene rings is 2. The van der Waals surface area contributed by atoms with E-state index in [0.29, 0.717) is 17.0 Å². The van der Waals surface area contributed by atoms with Crippen molar-refractivity contribution in [1.29, 1.82) is 0 Å². The summed E-state index contributed by atoms with van der Waals surface area (Å²) in [7, 11) is 0. The first-order valence-corrected chi connectivity index (χ1v) is 9.70. The summed E-state index contributed by atoms with van der Waals surface area (Å²) in [6.45, 7) is 3.97. The summed E-state index contributed by atoms with van der Waals surface area (Å²) >= 11 is 7.17. The monoisotopic (exact) mass is 498 g/mol. The second-order valence-corrected chi connectivity index (χ2v) is 7.42. The number of hydrogen-bond donors (Lipinski definition) is 3. The third kappa shape index (κ3) is 6.17. The third-order valence-electron chi connectivity index (χ3n) is 3.70. The molecule has 0 bridgehead atoms. The minimum atomic E-state index is -1.08. The number of ether oxygens (including phenoxy) is 1. The Balaban J connectivity index is 2.07. The Morgan fingerprint density at radius 3 is 2.67 bits per heavy atom. The zero-order valence-electron chi connectivity index (χ0n) is 14.8. The Hall–Kier alpha value is -2.20. The maximum atomic E-state index is 12.4. The topological polar surface area (TPSA) is 87.7 Å². The number of carbonyl (C=O) groups is 2. The van der Waals surface area contributed by atoms with Crippen LogP contribution in [0.4, 0.5) is 5.69 Å². The van der Waals surface area contributed by atoms with Crippen molar-refractivity contribution in [2.45, 2.75) is 26.4 Å². The lowest BCUT2D eigenvalue weighted by Gasteiger charge is -2.14. The first kappa shape index (κ1) is 21.1. The minimum absolute atomic E-state index is 0.0111. The van der Waals surface area contributed by atoms with Crippen molar-refractivity contribution < 1.29 is 19.4 Å². The predicted molar refractivity (Wildman–Crippen MR) is 117 cm³/mol. The van der Waals surface area contributed by atoms with Crippen molar-refractivity contribution in [3.8, 4) is 5.75 Å². The van der Waals surface area contributed by atoms with Crippen LogP contribution >= 0.6 is 34.8 Å². The molecule has 0 unspecified atom stereocenters. The predicted octanol–water partition coefficient (Wildman–Crippen LogP) is 4.29. The summed E-state index contributed by atoms with van der Waals surface area (Å²) in [4.78, 5) is 23.8. The zero-order valence-corrected chi connectivity index (χ0v) is 17.8. The van der Waals surface area contributed by atoms with Crippen molar-refractivity contribution in [3.05, 3.63) is 57.2 Å². The summed E-state index contributed by atoms with van der Waals surface area (Å²) in [5.74, 6) is -0.897. The van der Waals surface area contributed by atoms with E-state index in [1.165, 1.54) is 6.07 Å². The largest absolute Gasteiger partial charge is 0.491 e. The molecule has 142 valence electrons. The molecule has 6 nitrogen and oxygen atoms in total. The molecular weight excluding hydrogens is 479 g/mol. The number of aromatic carboxylic acids is 1. The van der Waals surface area contributed by atoms with Crippen molar-refractivity contribution in [1.82, 2.24) is 5.32 Å². The average Bonchev–Trinajstić information content (AvgIpc) is 2.63. The van der Waals surface area contributed by atoms with E-state index in [4.69, 9.17) is 17.0 Å². The number of anilines is 1. The van der Waals surface area contributed by atoms with Crippen molar-refractivity contribution in [2.24, 2.45) is 0 Å². The lowest BCUT2D eigenvalue weighted by Crippen LogP contribution is -2.34. The van der Waals surface area contributed by atoms with Gasteiger partial charge in [-0.2, -0.15) is 0 Å². The highest BCUT2D eigenvalue weighted by Gasteiger charge is 2.14. The van der Waals surface area contributed by atoms with Crippen LogP contribution < -0.4 is 15.4 Å². The molecule has 0 aliphatic heterocycles. The van der Waals surface area contributed by atoms with Gasteiger partial charge in [0.05, 0.1) is 17.4 Å². The number of carboxylic acids is 1. The maximum absolute atomic E-state index is 12.4. The molecule has 0 radical (unpaired) electrons. The van der Waals surface area contributed by atoms with E-state index in [0.717, 1.165) is 9.99 Å². The van der Waals surface area contributed by atoms with Crippen molar-refractivity contribution in [2.75, 3.05) is 5.32 Å². The average molecular weight is 498 g/mol. The van der Waals surface area contributed by atoms with E-state index < -0.39 is 11.9 Å². The van der Waals surface area contributed by atoms with E-state index >= 15 is 0 Å². The number of halogens is 1. The standard InChI is InChI=1S/C19H19IN2O4S/c1-3-11(2)26-14-6-4-5-12(9-14)17(23)22-19(27)21-16-8-7-13(20)10-15(16)18(24)25/h4-11H,3H2,1-2H3,(H,24,25)(H2,21,22,23,27)/t11-/m1/s1. The summed E-state index contributed by atoms with van der Waals surface area (Å²) < 4.78 is 6.49. The van der Waals surface area contributed by atoms with Gasteiger partial charge in [-0.3, -0.25) is 10.1 Å². The molecule has 0 fully saturated rings. The summed E-state index contributed by atoms with van der Waals surface area (Å²) in [6, 6.07) is 11.7. The van der Waals surface area contributed by atoms with Crippen molar-refractivity contribution >= 4 is 57.5 Å². The first-order chi connectivity index (χ1) is 12.8. The summed E-state index contributed by atoms with van der Waals surface area (Å²) in [6.07, 6.45) is 0.896. The van der Waals surface area contributed by atoms with Crippen LogP contribution in [-0.4, -0.2) is 28.2 Å². The van der Waals surface area contributed by atoms with Gasteiger partial charge in [0, 0.05) is 9.13 Å². The number of hydrogen-bond acceptors (Lipinski definition) is 4. The lowest BCUT2D eigenvalue weighted by molar-refractivity contribution is 0.0697. The van der Waals surface area contributed by atoms with E-state index in [1.54, 1.807) is 36.4 Å². The molecule has 1 atom stereocenters. The van der Waals surface area contributed by atoms with Gasteiger partial charge in [0.2, 0.25) is 0 Å². The molecule has 2 rings (SSSR count). The van der Waals surface area contributed by atoms with Crippen LogP contribution in [-0.2, 0) is 0 Å². The smallest absolute Gasteiger partial charge is 0.337 e. The van der Waals surface area contributed by atoms with Gasteiger partial charge in [-0.05, 0) is 84.6 Å². The van der Waals surface area contributed by atoms with Gasteiger partial charge in [0.25, 0.3) is 5.91 Å². The van der Waals surface area contributed by atoms with Crippen LogP contribution in [0.15, 0.2) is 42.5 Å². The Kier molecular flexibility index (Phi) is 7.55. The molecule has 2 aromatic carbocycles. The molecule has 27 heavy (non-hydrogen) atoms. The highest BCUT2D eigenvalue weighted by molar-refractivity contribution is 14.1. The molecule has 0 saturated heterocycles. The fourth-order valence-electron chi connectivity index (χ4n) is 2.16. The van der Waals surface area contributed by atoms with Gasteiger partial charge < -0.3 is 15.2 Å². The Morgan fingerprint density at radius 1 is 1.26 bits per heavy atom. The molecule has 8 heteroatoms. The second-order valence-electron chi connectivity index (χ2n) is 5.77. The molecule has 2 aromatic rings. The number of thiocarbonyl (C=S) groups is 1. The van der Waals surface area contributed by atoms with Gasteiger partial charge in [-0.15, -0.1) is 0 Å². The van der Waals surface area contributed by atoms with Gasteiger partial charge in [0.15, 0.2) is 5.11 Å². The Bertz CT molecular complexity index is 873. The number of rotatable bonds is 6. The van der Waals surface area contributed by atoms with E-state index in [9.17, 15) is 14.7 Å². The first-order valence-electron chi connectivity index (χ1n) is 8.22. The number of carboxylic acid groups (broad SMARTS) is 1. The zero-order chi connectivity index (χ0) is 20.0. The van der Waals surface area contributed by atoms with E-state index in [-0.39, 0.29) is 16.8 Å². The van der Waals surface area contributed by atoms with Crippen LogP contribution in [0, 0.1) is 3.57 Å². The Labute approximate surface area is 176 Å². The quantitative estimate of drug-likeness (QED) is 0.407. The molecule has 0 heterocycles. The molecule has 0 aliphatic carbocycles. The summed E-state index contributed by atoms with van der Waals surface area (Å²) in [5, 5.41) is 14.6. The highest BCUT2D eigenvalue weighted by Crippen LogP contribution is 2.19. The van der Waals surface area contributed by atoms with Crippen LogP contribution in [0.25, 0.3) is 0 Å². The Morgan fingerprint density at radius 2 is 2.00 bits per heavy atom. The molecule has 1 amide bonds. The third-order valence-corrected chi connectivity index (χ3v) is 4.57. The van der Waals surface area contributed by atoms with E-state index in [2.05, 4.69) is 10.6 Å². The second kappa shape index (κ2) is 9.65. The maximum Gasteiger partial charge on any atom is 0.337 e.